The fourth-order valence-corrected chi connectivity index (χ4v) is 3.75. The first kappa shape index (κ1) is 18.1. The maximum atomic E-state index is 12.4. The van der Waals surface area contributed by atoms with Gasteiger partial charge in [-0.1, -0.05) is 36.4 Å². The van der Waals surface area contributed by atoms with Crippen LogP contribution < -0.4 is 5.32 Å². The van der Waals surface area contributed by atoms with Crippen LogP contribution in [0.25, 0.3) is 0 Å². The van der Waals surface area contributed by atoms with Gasteiger partial charge in [0.1, 0.15) is 5.76 Å². The van der Waals surface area contributed by atoms with Crippen LogP contribution in [0.1, 0.15) is 33.0 Å². The molecule has 0 aliphatic carbocycles. The minimum atomic E-state index is -1.21. The maximum Gasteiger partial charge on any atom is 0.287 e. The first-order valence-corrected chi connectivity index (χ1v) is 9.71. The molecule has 0 aliphatic rings. The Bertz CT molecular complexity index is 946. The van der Waals surface area contributed by atoms with Gasteiger partial charge in [0.2, 0.25) is 0 Å². The van der Waals surface area contributed by atoms with E-state index < -0.39 is 10.8 Å². The molecule has 0 aliphatic heterocycles. The van der Waals surface area contributed by atoms with Crippen LogP contribution in [0.4, 0.5) is 0 Å². The topological polar surface area (TPSA) is 59.3 Å². The van der Waals surface area contributed by atoms with E-state index in [4.69, 9.17) is 4.42 Å². The Labute approximate surface area is 155 Å². The molecular weight excluding hydrogens is 346 g/mol. The van der Waals surface area contributed by atoms with Gasteiger partial charge in [0.15, 0.2) is 5.76 Å². The van der Waals surface area contributed by atoms with E-state index >= 15 is 0 Å². The third kappa shape index (κ3) is 4.49. The van der Waals surface area contributed by atoms with E-state index in [0.29, 0.717) is 12.3 Å². The van der Waals surface area contributed by atoms with Crippen LogP contribution >= 0.6 is 0 Å². The van der Waals surface area contributed by atoms with Gasteiger partial charge in [-0.05, 0) is 54.8 Å². The highest BCUT2D eigenvalue weighted by Crippen LogP contribution is 2.16. The molecule has 0 bridgehead atoms. The van der Waals surface area contributed by atoms with Crippen molar-refractivity contribution >= 4 is 16.7 Å². The average Bonchev–Trinajstić information content (AvgIpc) is 3.09. The minimum Gasteiger partial charge on any atom is -0.455 e. The molecule has 3 aromatic rings. The third-order valence-electron chi connectivity index (χ3n) is 4.11. The van der Waals surface area contributed by atoms with Crippen molar-refractivity contribution < 1.29 is 13.4 Å². The molecule has 0 spiro atoms. The fraction of sp³-hybridized carbons (Fsp3) is 0.190. The Morgan fingerprint density at radius 2 is 1.85 bits per heavy atom. The summed E-state index contributed by atoms with van der Waals surface area (Å²) in [5.41, 5.74) is 3.25. The second-order valence-electron chi connectivity index (χ2n) is 6.18. The highest BCUT2D eigenvalue weighted by Gasteiger charge is 2.14. The van der Waals surface area contributed by atoms with Crippen molar-refractivity contribution in [3.05, 3.63) is 88.9 Å². The standard InChI is InChI=1S/C21H21NO3S/c1-15-6-5-9-19(12-15)26(24)14-18-10-11-20(25-18)21(23)22-13-17-8-4-3-7-16(17)2/h3-12H,13-14H2,1-2H3,(H,22,23). The van der Waals surface area contributed by atoms with Crippen LogP contribution in [0.15, 0.2) is 70.0 Å². The molecule has 2 aromatic carbocycles. The molecule has 1 atom stereocenters. The van der Waals surface area contributed by atoms with Gasteiger partial charge < -0.3 is 9.73 Å². The molecule has 5 heteroatoms. The van der Waals surface area contributed by atoms with Gasteiger partial charge in [0.25, 0.3) is 5.91 Å². The lowest BCUT2D eigenvalue weighted by molar-refractivity contribution is 0.0921. The number of hydrogen-bond donors (Lipinski definition) is 1. The highest BCUT2D eigenvalue weighted by atomic mass is 32.2. The zero-order chi connectivity index (χ0) is 18.5. The Morgan fingerprint density at radius 1 is 1.04 bits per heavy atom. The lowest BCUT2D eigenvalue weighted by Crippen LogP contribution is -2.22. The first-order valence-electron chi connectivity index (χ1n) is 8.39. The minimum absolute atomic E-state index is 0.231. The van der Waals surface area contributed by atoms with Crippen molar-refractivity contribution in [1.82, 2.24) is 5.32 Å². The van der Waals surface area contributed by atoms with Gasteiger partial charge in [-0.25, -0.2) is 0 Å². The fourth-order valence-electron chi connectivity index (χ4n) is 2.62. The zero-order valence-corrected chi connectivity index (χ0v) is 15.6. The van der Waals surface area contributed by atoms with Gasteiger partial charge in [-0.2, -0.15) is 0 Å². The molecule has 4 nitrogen and oxygen atoms in total. The van der Waals surface area contributed by atoms with Crippen LogP contribution in [-0.2, 0) is 23.1 Å². The van der Waals surface area contributed by atoms with Gasteiger partial charge in [-0.15, -0.1) is 0 Å². The van der Waals surface area contributed by atoms with Crippen LogP contribution in [0, 0.1) is 13.8 Å². The van der Waals surface area contributed by atoms with Crippen molar-refractivity contribution in [3.8, 4) is 0 Å². The summed E-state index contributed by atoms with van der Waals surface area (Å²) in [5, 5.41) is 2.85. The quantitative estimate of drug-likeness (QED) is 0.712. The van der Waals surface area contributed by atoms with Gasteiger partial charge in [0, 0.05) is 11.4 Å². The van der Waals surface area contributed by atoms with E-state index in [9.17, 15) is 9.00 Å². The SMILES string of the molecule is Cc1cccc(S(=O)Cc2ccc(C(=O)NCc3ccccc3C)o2)c1. The molecule has 134 valence electrons. The number of benzene rings is 2. The number of carbonyl (C=O) groups excluding carboxylic acids is 1. The van der Waals surface area contributed by atoms with Crippen molar-refractivity contribution in [2.45, 2.75) is 31.0 Å². The lowest BCUT2D eigenvalue weighted by atomic mass is 10.1. The highest BCUT2D eigenvalue weighted by molar-refractivity contribution is 7.84. The molecule has 1 unspecified atom stereocenters. The molecule has 1 heterocycles. The molecule has 26 heavy (non-hydrogen) atoms. The number of aryl methyl sites for hydroxylation is 2. The Kier molecular flexibility index (Phi) is 5.68. The Balaban J connectivity index is 1.61. The number of nitrogens with one attached hydrogen (secondary N) is 1. The van der Waals surface area contributed by atoms with Gasteiger partial charge in [0.05, 0.1) is 16.6 Å². The number of amides is 1. The van der Waals surface area contributed by atoms with Crippen LogP contribution in [0.3, 0.4) is 0 Å². The van der Waals surface area contributed by atoms with Crippen molar-refractivity contribution in [2.24, 2.45) is 0 Å². The zero-order valence-electron chi connectivity index (χ0n) is 14.8. The summed E-state index contributed by atoms with van der Waals surface area (Å²) in [5.74, 6) is 0.732. The summed E-state index contributed by atoms with van der Waals surface area (Å²) >= 11 is 0. The number of rotatable bonds is 6. The molecule has 0 radical (unpaired) electrons. The summed E-state index contributed by atoms with van der Waals surface area (Å²) in [4.78, 5) is 13.0. The van der Waals surface area contributed by atoms with Crippen LogP contribution in [0.2, 0.25) is 0 Å². The third-order valence-corrected chi connectivity index (χ3v) is 5.44. The van der Waals surface area contributed by atoms with Crippen molar-refractivity contribution in [3.63, 3.8) is 0 Å². The van der Waals surface area contributed by atoms with Gasteiger partial charge in [-0.3, -0.25) is 9.00 Å². The number of hydrogen-bond acceptors (Lipinski definition) is 3. The van der Waals surface area contributed by atoms with E-state index in [1.165, 1.54) is 0 Å². The van der Waals surface area contributed by atoms with Crippen LogP contribution in [0.5, 0.6) is 0 Å². The maximum absolute atomic E-state index is 12.4. The number of carbonyl (C=O) groups is 1. The van der Waals surface area contributed by atoms with Crippen LogP contribution in [-0.4, -0.2) is 10.1 Å². The normalized spacial score (nSPS) is 11.9. The van der Waals surface area contributed by atoms with E-state index in [2.05, 4.69) is 5.32 Å². The van der Waals surface area contributed by atoms with Crippen molar-refractivity contribution in [2.75, 3.05) is 0 Å². The predicted molar refractivity (Wildman–Crippen MR) is 102 cm³/mol. The molecular formula is C21H21NO3S. The molecule has 1 amide bonds. The van der Waals surface area contributed by atoms with E-state index in [-0.39, 0.29) is 17.4 Å². The smallest absolute Gasteiger partial charge is 0.287 e. The second-order valence-corrected chi connectivity index (χ2v) is 7.63. The summed E-state index contributed by atoms with van der Waals surface area (Å²) in [6.07, 6.45) is 0. The summed E-state index contributed by atoms with van der Waals surface area (Å²) in [7, 11) is -1.21. The first-order chi connectivity index (χ1) is 12.5. The number of furan rings is 1. The largest absolute Gasteiger partial charge is 0.455 e. The average molecular weight is 367 g/mol. The second kappa shape index (κ2) is 8.15. The lowest BCUT2D eigenvalue weighted by Gasteiger charge is -2.06. The monoisotopic (exact) mass is 367 g/mol. The molecule has 3 rings (SSSR count). The Hall–Kier alpha value is -2.66. The summed E-state index contributed by atoms with van der Waals surface area (Å²) in [6, 6.07) is 18.8. The molecule has 0 saturated heterocycles. The van der Waals surface area contributed by atoms with E-state index in [0.717, 1.165) is 21.6 Å². The molecule has 0 saturated carbocycles. The van der Waals surface area contributed by atoms with E-state index in [1.54, 1.807) is 12.1 Å². The van der Waals surface area contributed by atoms with E-state index in [1.807, 2.05) is 62.4 Å². The molecule has 0 fully saturated rings. The summed E-state index contributed by atoms with van der Waals surface area (Å²) < 4.78 is 18.0. The molecule has 1 aromatic heterocycles. The summed E-state index contributed by atoms with van der Waals surface area (Å²) in [6.45, 7) is 4.41. The van der Waals surface area contributed by atoms with Crippen molar-refractivity contribution in [1.29, 1.82) is 0 Å². The molecule has 1 N–H and O–H groups in total. The van der Waals surface area contributed by atoms with Gasteiger partial charge >= 0.3 is 0 Å². The predicted octanol–water partition coefficient (Wildman–Crippen LogP) is 4.13. The Morgan fingerprint density at radius 3 is 2.62 bits per heavy atom.